The van der Waals surface area contributed by atoms with Crippen LogP contribution in [0.4, 0.5) is 5.82 Å². The fraction of sp³-hybridized carbons (Fsp3) is 0.615. The fourth-order valence-corrected chi connectivity index (χ4v) is 5.90. The van der Waals surface area contributed by atoms with Crippen LogP contribution in [0.25, 0.3) is 11.0 Å². The van der Waals surface area contributed by atoms with Crippen molar-refractivity contribution in [1.82, 2.24) is 20.3 Å². The number of hydrogen-bond donors (Lipinski definition) is 2. The average Bonchev–Trinajstić information content (AvgIpc) is 3.44. The highest BCUT2D eigenvalue weighted by molar-refractivity contribution is 6.01. The van der Waals surface area contributed by atoms with Crippen LogP contribution in [0.5, 0.6) is 0 Å². The van der Waals surface area contributed by atoms with Crippen LogP contribution < -0.4 is 10.2 Å². The number of hydrogen-bond acceptors (Lipinski definition) is 5. The fourth-order valence-electron chi connectivity index (χ4n) is 5.90. The largest absolute Gasteiger partial charge is 0.354 e. The normalized spacial score (nSPS) is 28.5. The number of amides is 1. The SMILES string of the molecule is CCC1C(C(C)(C)C)=CC(=NCC(=O)NC2CCCN(c3ncnc4[nH]ccc34)C2)C2CC12. The number of aromatic nitrogens is 3. The molecule has 1 amide bonds. The summed E-state index contributed by atoms with van der Waals surface area (Å²) in [6.07, 6.45) is 10.2. The van der Waals surface area contributed by atoms with Gasteiger partial charge in [-0.15, -0.1) is 0 Å². The van der Waals surface area contributed by atoms with Crippen molar-refractivity contribution in [2.45, 2.75) is 59.4 Å². The Balaban J connectivity index is 1.23. The number of rotatable bonds is 5. The van der Waals surface area contributed by atoms with Gasteiger partial charge in [-0.05, 0) is 55.1 Å². The number of aliphatic imine (C=N–C) groups is 1. The second-order valence-electron chi connectivity index (χ2n) is 10.9. The number of fused-ring (bicyclic) bond motifs is 2. The predicted octanol–water partition coefficient (Wildman–Crippen LogP) is 4.13. The highest BCUT2D eigenvalue weighted by Crippen LogP contribution is 2.55. The molecular formula is C26H36N6O. The van der Waals surface area contributed by atoms with E-state index in [1.807, 2.05) is 12.3 Å². The number of carbonyl (C=O) groups excluding carboxylic acids is 1. The summed E-state index contributed by atoms with van der Waals surface area (Å²) in [5, 5.41) is 4.26. The first-order valence-corrected chi connectivity index (χ1v) is 12.4. The zero-order valence-corrected chi connectivity index (χ0v) is 20.3. The minimum Gasteiger partial charge on any atom is -0.354 e. The van der Waals surface area contributed by atoms with Gasteiger partial charge in [0.05, 0.1) is 5.39 Å². The lowest BCUT2D eigenvalue weighted by Crippen LogP contribution is -2.48. The van der Waals surface area contributed by atoms with Crippen molar-refractivity contribution >= 4 is 28.5 Å². The second-order valence-corrected chi connectivity index (χ2v) is 10.9. The van der Waals surface area contributed by atoms with E-state index < -0.39 is 0 Å². The molecule has 3 aliphatic rings. The first-order valence-electron chi connectivity index (χ1n) is 12.4. The van der Waals surface area contributed by atoms with E-state index >= 15 is 0 Å². The van der Waals surface area contributed by atoms with Gasteiger partial charge in [0.25, 0.3) is 0 Å². The summed E-state index contributed by atoms with van der Waals surface area (Å²) in [6, 6.07) is 2.13. The van der Waals surface area contributed by atoms with Crippen LogP contribution in [0.3, 0.4) is 0 Å². The van der Waals surface area contributed by atoms with Gasteiger partial charge in [0, 0.05) is 37.0 Å². The monoisotopic (exact) mass is 448 g/mol. The zero-order chi connectivity index (χ0) is 23.2. The molecule has 2 N–H and O–H groups in total. The van der Waals surface area contributed by atoms with Crippen molar-refractivity contribution in [3.8, 4) is 0 Å². The van der Waals surface area contributed by atoms with E-state index in [1.165, 1.54) is 18.4 Å². The number of nitrogens with one attached hydrogen (secondary N) is 2. The predicted molar refractivity (Wildman–Crippen MR) is 132 cm³/mol. The maximum absolute atomic E-state index is 12.8. The van der Waals surface area contributed by atoms with Gasteiger partial charge in [0.1, 0.15) is 24.3 Å². The Morgan fingerprint density at radius 1 is 1.33 bits per heavy atom. The number of anilines is 1. The van der Waals surface area contributed by atoms with Crippen molar-refractivity contribution < 1.29 is 4.79 Å². The summed E-state index contributed by atoms with van der Waals surface area (Å²) in [6.45, 7) is 11.1. The van der Waals surface area contributed by atoms with E-state index in [0.29, 0.717) is 11.8 Å². The van der Waals surface area contributed by atoms with Crippen molar-refractivity contribution in [3.05, 3.63) is 30.2 Å². The molecule has 33 heavy (non-hydrogen) atoms. The molecule has 7 heteroatoms. The summed E-state index contributed by atoms with van der Waals surface area (Å²) in [4.78, 5) is 31.8. The van der Waals surface area contributed by atoms with Crippen LogP contribution in [0.15, 0.2) is 35.2 Å². The molecule has 2 aromatic rings. The number of allylic oxidation sites excluding steroid dienone is 2. The van der Waals surface area contributed by atoms with Gasteiger partial charge in [0.15, 0.2) is 0 Å². The molecule has 1 aliphatic heterocycles. The Hall–Kier alpha value is -2.70. The second kappa shape index (κ2) is 8.58. The van der Waals surface area contributed by atoms with Crippen molar-refractivity contribution in [2.24, 2.45) is 28.2 Å². The van der Waals surface area contributed by atoms with Gasteiger partial charge in [-0.1, -0.05) is 33.3 Å². The molecule has 3 heterocycles. The minimum absolute atomic E-state index is 0.0179. The maximum Gasteiger partial charge on any atom is 0.241 e. The van der Waals surface area contributed by atoms with E-state index in [2.05, 4.69) is 58.9 Å². The van der Waals surface area contributed by atoms with E-state index in [9.17, 15) is 4.79 Å². The highest BCUT2D eigenvalue weighted by Gasteiger charge is 2.50. The van der Waals surface area contributed by atoms with Crippen molar-refractivity contribution in [1.29, 1.82) is 0 Å². The van der Waals surface area contributed by atoms with Crippen LogP contribution in [0.2, 0.25) is 0 Å². The topological polar surface area (TPSA) is 86.3 Å². The molecular weight excluding hydrogens is 412 g/mol. The highest BCUT2D eigenvalue weighted by atomic mass is 16.1. The summed E-state index contributed by atoms with van der Waals surface area (Å²) < 4.78 is 0. The Morgan fingerprint density at radius 2 is 2.18 bits per heavy atom. The van der Waals surface area contributed by atoms with E-state index in [0.717, 1.165) is 54.4 Å². The molecule has 176 valence electrons. The standard InChI is InChI=1S/C26H36N6O/c1-5-17-19-11-20(19)22(12-21(17)26(2,3)4)28-13-23(33)31-16-7-6-10-32(14-16)25-18-8-9-27-24(18)29-15-30-25/h8-9,12,15-17,19-20H,5-7,10-11,13-14H2,1-4H3,(H,31,33)(H,27,29,30). The Bertz CT molecular complexity index is 1090. The van der Waals surface area contributed by atoms with Gasteiger partial charge in [-0.25, -0.2) is 9.97 Å². The molecule has 0 aromatic carbocycles. The molecule has 2 fully saturated rings. The molecule has 1 saturated heterocycles. The van der Waals surface area contributed by atoms with Crippen molar-refractivity contribution in [2.75, 3.05) is 24.5 Å². The lowest BCUT2D eigenvalue weighted by atomic mass is 9.72. The quantitative estimate of drug-likeness (QED) is 0.720. The van der Waals surface area contributed by atoms with E-state index in [-0.39, 0.29) is 23.9 Å². The van der Waals surface area contributed by atoms with E-state index in [4.69, 9.17) is 4.99 Å². The Kier molecular flexibility index (Phi) is 5.75. The third-order valence-electron chi connectivity index (χ3n) is 7.57. The van der Waals surface area contributed by atoms with Crippen LogP contribution in [-0.2, 0) is 4.79 Å². The molecule has 7 nitrogen and oxygen atoms in total. The summed E-state index contributed by atoms with van der Waals surface area (Å²) in [5.74, 6) is 2.91. The smallest absolute Gasteiger partial charge is 0.241 e. The number of piperidine rings is 1. The first kappa shape index (κ1) is 22.1. The van der Waals surface area contributed by atoms with Crippen LogP contribution in [0.1, 0.15) is 53.4 Å². The van der Waals surface area contributed by atoms with Crippen LogP contribution in [0, 0.1) is 23.2 Å². The molecule has 4 atom stereocenters. The van der Waals surface area contributed by atoms with Gasteiger partial charge in [-0.3, -0.25) is 9.79 Å². The summed E-state index contributed by atoms with van der Waals surface area (Å²) in [5.41, 5.74) is 3.65. The molecule has 4 unspecified atom stereocenters. The molecule has 0 bridgehead atoms. The van der Waals surface area contributed by atoms with Crippen molar-refractivity contribution in [3.63, 3.8) is 0 Å². The van der Waals surface area contributed by atoms with E-state index in [1.54, 1.807) is 6.33 Å². The first-order chi connectivity index (χ1) is 15.8. The van der Waals surface area contributed by atoms with Crippen LogP contribution in [-0.4, -0.2) is 52.2 Å². The number of carbonyl (C=O) groups is 1. The average molecular weight is 449 g/mol. The number of H-pyrrole nitrogens is 1. The van der Waals surface area contributed by atoms with Gasteiger partial charge in [-0.2, -0.15) is 0 Å². The summed E-state index contributed by atoms with van der Waals surface area (Å²) in [7, 11) is 0. The Morgan fingerprint density at radius 3 is 2.97 bits per heavy atom. The van der Waals surface area contributed by atoms with Crippen LogP contribution >= 0.6 is 0 Å². The summed E-state index contributed by atoms with van der Waals surface area (Å²) >= 11 is 0. The van der Waals surface area contributed by atoms with Gasteiger partial charge >= 0.3 is 0 Å². The lowest BCUT2D eigenvalue weighted by Gasteiger charge is -2.34. The third kappa shape index (κ3) is 4.42. The van der Waals surface area contributed by atoms with Gasteiger partial charge in [0.2, 0.25) is 5.91 Å². The molecule has 1 saturated carbocycles. The number of nitrogens with zero attached hydrogens (tertiary/aromatic N) is 4. The lowest BCUT2D eigenvalue weighted by molar-refractivity contribution is -0.120. The molecule has 5 rings (SSSR count). The third-order valence-corrected chi connectivity index (χ3v) is 7.57. The zero-order valence-electron chi connectivity index (χ0n) is 20.3. The maximum atomic E-state index is 12.8. The Labute approximate surface area is 196 Å². The molecule has 0 spiro atoms. The molecule has 0 radical (unpaired) electrons. The number of aromatic amines is 1. The van der Waals surface area contributed by atoms with Gasteiger partial charge < -0.3 is 15.2 Å². The molecule has 2 aromatic heterocycles. The molecule has 2 aliphatic carbocycles. The minimum atomic E-state index is 0.0179.